The summed E-state index contributed by atoms with van der Waals surface area (Å²) in [6.07, 6.45) is 1.47. The lowest BCUT2D eigenvalue weighted by Crippen LogP contribution is -2.49. The molecule has 7 nitrogen and oxygen atoms in total. The largest absolute Gasteiger partial charge is 0.481 e. The van der Waals surface area contributed by atoms with Crippen LogP contribution in [0.4, 0.5) is 4.79 Å². The van der Waals surface area contributed by atoms with Crippen LogP contribution in [0.3, 0.4) is 0 Å². The molecule has 3 N–H and O–H groups in total. The number of carboxylic acid groups (broad SMARTS) is 1. The summed E-state index contributed by atoms with van der Waals surface area (Å²) in [5, 5.41) is 9.10. The molecule has 2 rings (SSSR count). The third kappa shape index (κ3) is 2.86. The fraction of sp³-hybridized carbons (Fsp3) is 0.769. The Kier molecular flexibility index (Phi) is 4.15. The Morgan fingerprint density at radius 1 is 1.15 bits per heavy atom. The first-order valence-corrected chi connectivity index (χ1v) is 6.96. The molecule has 0 spiro atoms. The molecule has 0 bridgehead atoms. The second kappa shape index (κ2) is 5.68. The van der Waals surface area contributed by atoms with Crippen LogP contribution in [0.5, 0.6) is 0 Å². The standard InChI is InChI=1S/C13H21N3O4/c1-8-5-16(7-10(8)12(18)19)13(20)15-4-2-3-9(6-15)11(14)17/h8-10H,2-7H2,1H3,(H2,14,17)(H,18,19). The smallest absolute Gasteiger partial charge is 0.320 e. The molecule has 0 saturated carbocycles. The van der Waals surface area contributed by atoms with Gasteiger partial charge < -0.3 is 20.6 Å². The van der Waals surface area contributed by atoms with E-state index in [-0.39, 0.29) is 30.3 Å². The zero-order chi connectivity index (χ0) is 14.9. The lowest BCUT2D eigenvalue weighted by Gasteiger charge is -2.34. The van der Waals surface area contributed by atoms with Crippen LogP contribution >= 0.6 is 0 Å². The van der Waals surface area contributed by atoms with Gasteiger partial charge in [-0.05, 0) is 18.8 Å². The molecule has 20 heavy (non-hydrogen) atoms. The van der Waals surface area contributed by atoms with Gasteiger partial charge >= 0.3 is 12.0 Å². The highest BCUT2D eigenvalue weighted by atomic mass is 16.4. The number of piperidine rings is 1. The topological polar surface area (TPSA) is 104 Å². The molecule has 2 aliphatic heterocycles. The summed E-state index contributed by atoms with van der Waals surface area (Å²) in [5.41, 5.74) is 5.30. The summed E-state index contributed by atoms with van der Waals surface area (Å²) in [7, 11) is 0. The first-order chi connectivity index (χ1) is 9.40. The molecule has 112 valence electrons. The van der Waals surface area contributed by atoms with E-state index in [0.29, 0.717) is 26.1 Å². The van der Waals surface area contributed by atoms with Gasteiger partial charge in [-0.15, -0.1) is 0 Å². The Balaban J connectivity index is 1.98. The third-order valence-corrected chi connectivity index (χ3v) is 4.29. The van der Waals surface area contributed by atoms with Gasteiger partial charge in [-0.2, -0.15) is 0 Å². The summed E-state index contributed by atoms with van der Waals surface area (Å²) < 4.78 is 0. The molecule has 2 aliphatic rings. The van der Waals surface area contributed by atoms with E-state index in [1.807, 2.05) is 6.92 Å². The minimum absolute atomic E-state index is 0.0480. The van der Waals surface area contributed by atoms with Crippen LogP contribution in [-0.4, -0.2) is 59.0 Å². The van der Waals surface area contributed by atoms with Crippen LogP contribution in [0.2, 0.25) is 0 Å². The van der Waals surface area contributed by atoms with Crippen molar-refractivity contribution in [2.24, 2.45) is 23.5 Å². The number of nitrogens with two attached hydrogens (primary N) is 1. The molecule has 7 heteroatoms. The highest BCUT2D eigenvalue weighted by molar-refractivity contribution is 5.80. The Hall–Kier alpha value is -1.79. The number of carboxylic acids is 1. The number of carbonyl (C=O) groups is 3. The lowest BCUT2D eigenvalue weighted by molar-refractivity contribution is -0.142. The highest BCUT2D eigenvalue weighted by Crippen LogP contribution is 2.25. The van der Waals surface area contributed by atoms with Gasteiger partial charge in [-0.25, -0.2) is 4.79 Å². The van der Waals surface area contributed by atoms with E-state index in [4.69, 9.17) is 10.8 Å². The first kappa shape index (κ1) is 14.6. The molecule has 2 heterocycles. The quantitative estimate of drug-likeness (QED) is 0.741. The Labute approximate surface area is 117 Å². The van der Waals surface area contributed by atoms with E-state index in [9.17, 15) is 14.4 Å². The van der Waals surface area contributed by atoms with E-state index < -0.39 is 11.9 Å². The van der Waals surface area contributed by atoms with Crippen LogP contribution in [0, 0.1) is 17.8 Å². The first-order valence-electron chi connectivity index (χ1n) is 6.96. The van der Waals surface area contributed by atoms with Crippen molar-refractivity contribution in [1.29, 1.82) is 0 Å². The van der Waals surface area contributed by atoms with Crippen molar-refractivity contribution < 1.29 is 19.5 Å². The number of primary amides is 1. The number of aliphatic carboxylic acids is 1. The Morgan fingerprint density at radius 3 is 2.40 bits per heavy atom. The monoisotopic (exact) mass is 283 g/mol. The Morgan fingerprint density at radius 2 is 1.85 bits per heavy atom. The number of urea groups is 1. The molecule has 0 aromatic carbocycles. The van der Waals surface area contributed by atoms with Gasteiger partial charge in [0, 0.05) is 26.2 Å². The lowest BCUT2D eigenvalue weighted by atomic mass is 9.98. The van der Waals surface area contributed by atoms with Gasteiger partial charge in [0.25, 0.3) is 0 Å². The second-order valence-corrected chi connectivity index (χ2v) is 5.80. The summed E-state index contributed by atoms with van der Waals surface area (Å²) in [6, 6.07) is -0.174. The molecule has 3 amide bonds. The SMILES string of the molecule is CC1CN(C(=O)N2CCCC(C(N)=O)C2)CC1C(=O)O. The van der Waals surface area contributed by atoms with Crippen LogP contribution in [0.25, 0.3) is 0 Å². The van der Waals surface area contributed by atoms with E-state index in [1.54, 1.807) is 9.80 Å². The fourth-order valence-electron chi connectivity index (χ4n) is 3.03. The number of hydrogen-bond acceptors (Lipinski definition) is 3. The minimum atomic E-state index is -0.860. The van der Waals surface area contributed by atoms with Crippen molar-refractivity contribution in [3.05, 3.63) is 0 Å². The van der Waals surface area contributed by atoms with Crippen LogP contribution in [0.1, 0.15) is 19.8 Å². The summed E-state index contributed by atoms with van der Waals surface area (Å²) >= 11 is 0. The van der Waals surface area contributed by atoms with E-state index in [2.05, 4.69) is 0 Å². The predicted molar refractivity (Wildman–Crippen MR) is 70.8 cm³/mol. The molecule has 2 saturated heterocycles. The van der Waals surface area contributed by atoms with Gasteiger partial charge in [0.05, 0.1) is 11.8 Å². The normalized spacial score (nSPS) is 30.4. The molecule has 0 aromatic rings. The van der Waals surface area contributed by atoms with Gasteiger partial charge in [0.1, 0.15) is 0 Å². The van der Waals surface area contributed by atoms with Crippen molar-refractivity contribution in [3.63, 3.8) is 0 Å². The maximum atomic E-state index is 12.4. The fourth-order valence-corrected chi connectivity index (χ4v) is 3.03. The average molecular weight is 283 g/mol. The molecule has 0 aromatic heterocycles. The van der Waals surface area contributed by atoms with E-state index in [1.165, 1.54) is 0 Å². The predicted octanol–water partition coefficient (Wildman–Crippen LogP) is -0.0438. The van der Waals surface area contributed by atoms with Gasteiger partial charge in [0.2, 0.25) is 5.91 Å². The second-order valence-electron chi connectivity index (χ2n) is 5.80. The van der Waals surface area contributed by atoms with Gasteiger partial charge in [0.15, 0.2) is 0 Å². The Bertz CT molecular complexity index is 420. The molecule has 3 atom stereocenters. The third-order valence-electron chi connectivity index (χ3n) is 4.29. The molecule has 0 radical (unpaired) electrons. The number of rotatable bonds is 2. The molecular formula is C13H21N3O4. The van der Waals surface area contributed by atoms with Crippen LogP contribution in [0.15, 0.2) is 0 Å². The number of carbonyl (C=O) groups excluding carboxylic acids is 2. The molecule has 0 aliphatic carbocycles. The zero-order valence-electron chi connectivity index (χ0n) is 11.6. The van der Waals surface area contributed by atoms with Crippen molar-refractivity contribution in [2.45, 2.75) is 19.8 Å². The van der Waals surface area contributed by atoms with Gasteiger partial charge in [-0.1, -0.05) is 6.92 Å². The number of amides is 3. The maximum Gasteiger partial charge on any atom is 0.320 e. The molecule has 2 fully saturated rings. The highest BCUT2D eigenvalue weighted by Gasteiger charge is 2.39. The molecular weight excluding hydrogens is 262 g/mol. The summed E-state index contributed by atoms with van der Waals surface area (Å²) in [6.45, 7) is 3.48. The molecule has 3 unspecified atom stereocenters. The summed E-state index contributed by atoms with van der Waals surface area (Å²) in [4.78, 5) is 37.9. The zero-order valence-corrected chi connectivity index (χ0v) is 11.6. The van der Waals surface area contributed by atoms with Crippen molar-refractivity contribution in [1.82, 2.24) is 9.80 Å². The number of likely N-dealkylation sites (tertiary alicyclic amines) is 2. The minimum Gasteiger partial charge on any atom is -0.481 e. The van der Waals surface area contributed by atoms with E-state index >= 15 is 0 Å². The van der Waals surface area contributed by atoms with Crippen molar-refractivity contribution >= 4 is 17.9 Å². The maximum absolute atomic E-state index is 12.4. The van der Waals surface area contributed by atoms with Crippen LogP contribution < -0.4 is 5.73 Å². The van der Waals surface area contributed by atoms with Crippen molar-refractivity contribution in [3.8, 4) is 0 Å². The van der Waals surface area contributed by atoms with Crippen LogP contribution in [-0.2, 0) is 9.59 Å². The average Bonchev–Trinajstić information content (AvgIpc) is 2.80. The number of hydrogen-bond donors (Lipinski definition) is 2. The summed E-state index contributed by atoms with van der Waals surface area (Å²) in [5.74, 6) is -2.07. The van der Waals surface area contributed by atoms with E-state index in [0.717, 1.165) is 6.42 Å². The van der Waals surface area contributed by atoms with Crippen molar-refractivity contribution in [2.75, 3.05) is 26.2 Å². The van der Waals surface area contributed by atoms with Gasteiger partial charge in [-0.3, -0.25) is 9.59 Å². The number of nitrogens with zero attached hydrogens (tertiary/aromatic N) is 2.